The van der Waals surface area contributed by atoms with Gasteiger partial charge in [-0.15, -0.1) is 15.3 Å². The zero-order valence-electron chi connectivity index (χ0n) is 14.6. The summed E-state index contributed by atoms with van der Waals surface area (Å²) in [6.45, 7) is 0.924. The average molecular weight is 351 g/mol. The molecule has 0 amide bonds. The number of carbonyl (C=O) groups is 1. The molecule has 2 aromatic heterocycles. The molecular weight excluding hydrogens is 326 g/mol. The lowest BCUT2D eigenvalue weighted by Crippen LogP contribution is -2.16. The molecule has 1 aliphatic rings. The third-order valence-electron chi connectivity index (χ3n) is 3.93. The molecular formula is C15H25N7O3. The van der Waals surface area contributed by atoms with Crippen LogP contribution in [-0.2, 0) is 17.9 Å². The fourth-order valence-corrected chi connectivity index (χ4v) is 2.87. The van der Waals surface area contributed by atoms with Crippen LogP contribution in [0, 0.1) is 0 Å². The molecule has 0 aromatic carbocycles. The number of rotatable bonds is 6. The van der Waals surface area contributed by atoms with Crippen molar-refractivity contribution in [3.63, 3.8) is 0 Å². The van der Waals surface area contributed by atoms with Crippen LogP contribution < -0.4 is 5.32 Å². The minimum atomic E-state index is -0.250. The number of hydrogen-bond donors (Lipinski definition) is 2. The molecule has 0 aliphatic heterocycles. The molecule has 3 rings (SSSR count). The van der Waals surface area contributed by atoms with Crippen LogP contribution in [0.2, 0.25) is 0 Å². The highest BCUT2D eigenvalue weighted by molar-refractivity contribution is 5.32. The van der Waals surface area contributed by atoms with Gasteiger partial charge >= 0.3 is 6.01 Å². The third-order valence-corrected chi connectivity index (χ3v) is 3.93. The Balaban J connectivity index is 0.000000701. The highest BCUT2D eigenvalue weighted by Crippen LogP contribution is 2.28. The second-order valence-electron chi connectivity index (χ2n) is 6.14. The number of nitrogens with zero attached hydrogens (tertiary/aromatic N) is 6. The first-order valence-electron chi connectivity index (χ1n) is 8.31. The van der Waals surface area contributed by atoms with Gasteiger partial charge in [-0.2, -0.15) is 0 Å². The molecule has 0 atom stereocenters. The van der Waals surface area contributed by atoms with Crippen LogP contribution in [0.15, 0.2) is 10.7 Å². The molecule has 138 valence electrons. The Morgan fingerprint density at radius 2 is 2.04 bits per heavy atom. The lowest BCUT2D eigenvalue weighted by molar-refractivity contribution is -0.122. The summed E-state index contributed by atoms with van der Waals surface area (Å²) in [4.78, 5) is 10.3. The fraction of sp³-hybridized carbons (Fsp3) is 0.667. The van der Waals surface area contributed by atoms with Crippen LogP contribution >= 0.6 is 0 Å². The third kappa shape index (κ3) is 5.82. The lowest BCUT2D eigenvalue weighted by Gasteiger charge is -2.23. The molecule has 2 heterocycles. The monoisotopic (exact) mass is 351 g/mol. The van der Waals surface area contributed by atoms with Gasteiger partial charge in [0.1, 0.15) is 6.33 Å². The SMILES string of the molecule is CN(C)Cc1nnc(NCc2nncn2C2CCCCC2)o1.O=CO. The van der Waals surface area contributed by atoms with E-state index in [-0.39, 0.29) is 6.47 Å². The van der Waals surface area contributed by atoms with Crippen molar-refractivity contribution in [3.8, 4) is 0 Å². The minimum absolute atomic E-state index is 0.250. The summed E-state index contributed by atoms with van der Waals surface area (Å²) in [7, 11) is 3.92. The molecule has 0 spiro atoms. The Hall–Kier alpha value is -2.49. The lowest BCUT2D eigenvalue weighted by atomic mass is 9.95. The molecule has 2 aromatic rings. The van der Waals surface area contributed by atoms with E-state index < -0.39 is 0 Å². The van der Waals surface area contributed by atoms with Gasteiger partial charge < -0.3 is 24.3 Å². The average Bonchev–Trinajstić information content (AvgIpc) is 3.23. The summed E-state index contributed by atoms with van der Waals surface area (Å²) in [5, 5.41) is 26.3. The van der Waals surface area contributed by atoms with Crippen molar-refractivity contribution in [2.75, 3.05) is 19.4 Å². The molecule has 2 N–H and O–H groups in total. The van der Waals surface area contributed by atoms with Crippen molar-refractivity contribution in [2.24, 2.45) is 0 Å². The van der Waals surface area contributed by atoms with Gasteiger partial charge in [0, 0.05) is 6.04 Å². The summed E-state index contributed by atoms with van der Waals surface area (Å²) < 4.78 is 7.73. The van der Waals surface area contributed by atoms with Gasteiger partial charge in [0.2, 0.25) is 5.89 Å². The van der Waals surface area contributed by atoms with Crippen molar-refractivity contribution >= 4 is 12.5 Å². The predicted octanol–water partition coefficient (Wildman–Crippen LogP) is 1.54. The number of aromatic nitrogens is 5. The standard InChI is InChI=1S/C14H23N7O.CH2O2/c1-20(2)9-13-18-19-14(22-13)15-8-12-17-16-10-21(12)11-6-4-3-5-7-11;2-1-3/h10-11H,3-9H2,1-2H3,(H,15,19);1H,(H,2,3). The first-order chi connectivity index (χ1) is 12.1. The second-order valence-corrected chi connectivity index (χ2v) is 6.14. The van der Waals surface area contributed by atoms with E-state index in [1.807, 2.05) is 25.3 Å². The van der Waals surface area contributed by atoms with Gasteiger partial charge in [-0.3, -0.25) is 4.79 Å². The summed E-state index contributed by atoms with van der Waals surface area (Å²) in [5.41, 5.74) is 0. The van der Waals surface area contributed by atoms with E-state index in [0.717, 1.165) is 5.82 Å². The van der Waals surface area contributed by atoms with Crippen molar-refractivity contribution in [3.05, 3.63) is 18.0 Å². The Morgan fingerprint density at radius 3 is 2.72 bits per heavy atom. The summed E-state index contributed by atoms with van der Waals surface area (Å²) in [6, 6.07) is 0.947. The normalized spacial score (nSPS) is 14.8. The highest BCUT2D eigenvalue weighted by Gasteiger charge is 2.18. The summed E-state index contributed by atoms with van der Waals surface area (Å²) in [6.07, 6.45) is 8.15. The quantitative estimate of drug-likeness (QED) is 0.746. The molecule has 1 fully saturated rings. The maximum atomic E-state index is 8.36. The second kappa shape index (κ2) is 9.72. The first-order valence-corrected chi connectivity index (χ1v) is 8.31. The smallest absolute Gasteiger partial charge is 0.315 e. The maximum absolute atomic E-state index is 8.36. The number of hydrogen-bond acceptors (Lipinski definition) is 8. The molecule has 1 saturated carbocycles. The summed E-state index contributed by atoms with van der Waals surface area (Å²) >= 11 is 0. The van der Waals surface area contributed by atoms with Crippen molar-refractivity contribution in [1.82, 2.24) is 29.9 Å². The van der Waals surface area contributed by atoms with Gasteiger partial charge in [-0.25, -0.2) is 0 Å². The zero-order chi connectivity index (χ0) is 18.1. The topological polar surface area (TPSA) is 122 Å². The Kier molecular flexibility index (Phi) is 7.33. The van der Waals surface area contributed by atoms with Crippen LogP contribution in [0.25, 0.3) is 0 Å². The van der Waals surface area contributed by atoms with Crippen LogP contribution in [0.4, 0.5) is 6.01 Å². The van der Waals surface area contributed by atoms with E-state index in [0.29, 0.717) is 31.0 Å². The summed E-state index contributed by atoms with van der Waals surface area (Å²) in [5.74, 6) is 1.51. The van der Waals surface area contributed by atoms with E-state index in [1.54, 1.807) is 0 Å². The molecule has 10 nitrogen and oxygen atoms in total. The minimum Gasteiger partial charge on any atom is -0.483 e. The molecule has 0 radical (unpaired) electrons. The van der Waals surface area contributed by atoms with Crippen LogP contribution in [0.3, 0.4) is 0 Å². The van der Waals surface area contributed by atoms with Crippen molar-refractivity contribution in [1.29, 1.82) is 0 Å². The molecule has 0 bridgehead atoms. The fourth-order valence-electron chi connectivity index (χ4n) is 2.87. The molecule has 1 aliphatic carbocycles. The van der Waals surface area contributed by atoms with E-state index in [1.165, 1.54) is 32.1 Å². The van der Waals surface area contributed by atoms with Gasteiger partial charge in [0.05, 0.1) is 13.1 Å². The van der Waals surface area contributed by atoms with E-state index in [2.05, 4.69) is 30.3 Å². The van der Waals surface area contributed by atoms with Crippen LogP contribution in [0.1, 0.15) is 49.9 Å². The Bertz CT molecular complexity index is 635. The largest absolute Gasteiger partial charge is 0.483 e. The van der Waals surface area contributed by atoms with Gasteiger partial charge in [-0.1, -0.05) is 24.4 Å². The predicted molar refractivity (Wildman–Crippen MR) is 89.9 cm³/mol. The van der Waals surface area contributed by atoms with Crippen LogP contribution in [-0.4, -0.2) is 55.5 Å². The van der Waals surface area contributed by atoms with Crippen molar-refractivity contribution in [2.45, 2.75) is 51.2 Å². The van der Waals surface area contributed by atoms with Gasteiger partial charge in [0.25, 0.3) is 6.47 Å². The molecule has 10 heteroatoms. The Labute approximate surface area is 146 Å². The molecule has 0 saturated heterocycles. The Morgan fingerprint density at radius 1 is 1.32 bits per heavy atom. The number of anilines is 1. The number of nitrogens with one attached hydrogen (secondary N) is 1. The van der Waals surface area contributed by atoms with Crippen molar-refractivity contribution < 1.29 is 14.3 Å². The van der Waals surface area contributed by atoms with Crippen LogP contribution in [0.5, 0.6) is 0 Å². The number of carboxylic acid groups (broad SMARTS) is 1. The highest BCUT2D eigenvalue weighted by atomic mass is 16.4. The molecule has 25 heavy (non-hydrogen) atoms. The van der Waals surface area contributed by atoms with Gasteiger partial charge in [0.15, 0.2) is 5.82 Å². The van der Waals surface area contributed by atoms with E-state index in [9.17, 15) is 0 Å². The van der Waals surface area contributed by atoms with Gasteiger partial charge in [-0.05, 0) is 26.9 Å². The zero-order valence-corrected chi connectivity index (χ0v) is 14.6. The first kappa shape index (κ1) is 18.8. The maximum Gasteiger partial charge on any atom is 0.315 e. The van der Waals surface area contributed by atoms with E-state index >= 15 is 0 Å². The molecule has 0 unspecified atom stereocenters. The van der Waals surface area contributed by atoms with E-state index in [4.69, 9.17) is 14.3 Å².